The van der Waals surface area contributed by atoms with Crippen molar-refractivity contribution in [3.8, 4) is 0 Å². The van der Waals surface area contributed by atoms with Crippen LogP contribution >= 0.6 is 11.6 Å². The van der Waals surface area contributed by atoms with E-state index in [9.17, 15) is 4.79 Å². The minimum atomic E-state index is -0.536. The Bertz CT molecular complexity index is 545. The summed E-state index contributed by atoms with van der Waals surface area (Å²) in [5.74, 6) is 0. The fourth-order valence-corrected chi connectivity index (χ4v) is 1.95. The summed E-state index contributed by atoms with van der Waals surface area (Å²) >= 11 is 5.29. The molecule has 0 aliphatic heterocycles. The molecule has 1 amide bonds. The van der Waals surface area contributed by atoms with E-state index in [0.717, 1.165) is 16.5 Å². The molecule has 3 nitrogen and oxygen atoms in total. The van der Waals surface area contributed by atoms with Gasteiger partial charge in [0.15, 0.2) is 0 Å². The lowest BCUT2D eigenvalue weighted by molar-refractivity contribution is 0.257. The zero-order valence-corrected chi connectivity index (χ0v) is 10.5. The summed E-state index contributed by atoms with van der Waals surface area (Å²) in [6.07, 6.45) is 1.74. The zero-order valence-electron chi connectivity index (χ0n) is 9.79. The van der Waals surface area contributed by atoms with Gasteiger partial charge < -0.3 is 9.73 Å². The number of amides is 1. The summed E-state index contributed by atoms with van der Waals surface area (Å²) in [6, 6.07) is 7.84. The van der Waals surface area contributed by atoms with Crippen molar-refractivity contribution in [2.24, 2.45) is 0 Å². The quantitative estimate of drug-likeness (QED) is 0.668. The van der Waals surface area contributed by atoms with Gasteiger partial charge in [0.05, 0.1) is 6.26 Å². The maximum atomic E-state index is 10.8. The standard InChI is InChI=1S/C13H14ClNO2/c1-13(2,8-15-12(14)16)10-7-17-11-6-4-3-5-9(10)11/h3-7H,8H2,1-2H3,(H,15,16). The summed E-state index contributed by atoms with van der Waals surface area (Å²) in [7, 11) is 0. The molecule has 2 aromatic rings. The first kappa shape index (κ1) is 12.0. The van der Waals surface area contributed by atoms with Crippen molar-refractivity contribution in [1.82, 2.24) is 5.32 Å². The van der Waals surface area contributed by atoms with Gasteiger partial charge in [0.1, 0.15) is 5.58 Å². The van der Waals surface area contributed by atoms with Crippen LogP contribution in [0.25, 0.3) is 11.0 Å². The summed E-state index contributed by atoms with van der Waals surface area (Å²) in [6.45, 7) is 4.55. The Morgan fingerprint density at radius 3 is 2.82 bits per heavy atom. The van der Waals surface area contributed by atoms with Gasteiger partial charge in [-0.2, -0.15) is 0 Å². The van der Waals surface area contributed by atoms with Gasteiger partial charge in [0.25, 0.3) is 0 Å². The molecule has 0 saturated carbocycles. The van der Waals surface area contributed by atoms with E-state index in [0.29, 0.717) is 6.54 Å². The minimum Gasteiger partial charge on any atom is -0.464 e. The highest BCUT2D eigenvalue weighted by Gasteiger charge is 2.25. The summed E-state index contributed by atoms with van der Waals surface area (Å²) < 4.78 is 5.50. The Kier molecular flexibility index (Phi) is 3.11. The molecule has 2 rings (SSSR count). The molecule has 0 aliphatic carbocycles. The number of furan rings is 1. The molecular weight excluding hydrogens is 238 g/mol. The number of carbonyl (C=O) groups excluding carboxylic acids is 1. The topological polar surface area (TPSA) is 42.2 Å². The SMILES string of the molecule is CC(C)(CNC(=O)Cl)c1coc2ccccc12. The van der Waals surface area contributed by atoms with Crippen LogP contribution in [0.1, 0.15) is 19.4 Å². The van der Waals surface area contributed by atoms with Gasteiger partial charge in [-0.05, 0) is 17.7 Å². The third kappa shape index (κ3) is 2.44. The molecule has 0 aliphatic rings. The Labute approximate surface area is 105 Å². The van der Waals surface area contributed by atoms with Crippen LogP contribution in [0.2, 0.25) is 0 Å². The second-order valence-electron chi connectivity index (χ2n) is 4.66. The van der Waals surface area contributed by atoms with Crippen molar-refractivity contribution in [2.75, 3.05) is 6.54 Å². The van der Waals surface area contributed by atoms with Gasteiger partial charge >= 0.3 is 5.37 Å². The molecule has 0 unspecified atom stereocenters. The second kappa shape index (κ2) is 4.41. The Morgan fingerprint density at radius 1 is 1.41 bits per heavy atom. The van der Waals surface area contributed by atoms with Crippen LogP contribution in [0.15, 0.2) is 34.9 Å². The molecule has 0 saturated heterocycles. The maximum absolute atomic E-state index is 10.8. The van der Waals surface area contributed by atoms with Crippen molar-refractivity contribution in [1.29, 1.82) is 0 Å². The summed E-state index contributed by atoms with van der Waals surface area (Å²) in [5, 5.41) is 3.16. The van der Waals surface area contributed by atoms with E-state index in [4.69, 9.17) is 16.0 Å². The maximum Gasteiger partial charge on any atom is 0.313 e. The highest BCUT2D eigenvalue weighted by Crippen LogP contribution is 2.31. The number of nitrogens with one attached hydrogen (secondary N) is 1. The first-order valence-corrected chi connectivity index (χ1v) is 5.78. The Morgan fingerprint density at radius 2 is 2.12 bits per heavy atom. The minimum absolute atomic E-state index is 0.225. The van der Waals surface area contributed by atoms with Gasteiger partial charge in [0, 0.05) is 22.9 Å². The van der Waals surface area contributed by atoms with E-state index in [1.807, 2.05) is 38.1 Å². The van der Waals surface area contributed by atoms with E-state index >= 15 is 0 Å². The molecular formula is C13H14ClNO2. The lowest BCUT2D eigenvalue weighted by Gasteiger charge is -2.23. The molecule has 1 N–H and O–H groups in total. The van der Waals surface area contributed by atoms with Gasteiger partial charge in [-0.1, -0.05) is 32.0 Å². The second-order valence-corrected chi connectivity index (χ2v) is 5.00. The van der Waals surface area contributed by atoms with Crippen molar-refractivity contribution in [2.45, 2.75) is 19.3 Å². The number of halogens is 1. The highest BCUT2D eigenvalue weighted by atomic mass is 35.5. The van der Waals surface area contributed by atoms with Crippen LogP contribution in [-0.2, 0) is 5.41 Å². The van der Waals surface area contributed by atoms with Crippen LogP contribution in [0.5, 0.6) is 0 Å². The summed E-state index contributed by atoms with van der Waals surface area (Å²) in [4.78, 5) is 10.8. The fourth-order valence-electron chi connectivity index (χ4n) is 1.89. The number of carbonyl (C=O) groups is 1. The zero-order chi connectivity index (χ0) is 12.5. The van der Waals surface area contributed by atoms with E-state index in [1.54, 1.807) is 6.26 Å². The van der Waals surface area contributed by atoms with Gasteiger partial charge in [-0.15, -0.1) is 0 Å². The van der Waals surface area contributed by atoms with E-state index in [1.165, 1.54) is 0 Å². The largest absolute Gasteiger partial charge is 0.464 e. The molecule has 0 fully saturated rings. The molecule has 17 heavy (non-hydrogen) atoms. The van der Waals surface area contributed by atoms with E-state index < -0.39 is 5.37 Å². The fraction of sp³-hybridized carbons (Fsp3) is 0.308. The van der Waals surface area contributed by atoms with E-state index in [-0.39, 0.29) is 5.41 Å². The van der Waals surface area contributed by atoms with Crippen LogP contribution in [0.4, 0.5) is 4.79 Å². The third-order valence-corrected chi connectivity index (χ3v) is 3.01. The monoisotopic (exact) mass is 251 g/mol. The first-order valence-electron chi connectivity index (χ1n) is 5.41. The molecule has 4 heteroatoms. The number of rotatable bonds is 3. The van der Waals surface area contributed by atoms with Gasteiger partial charge in [0.2, 0.25) is 0 Å². The van der Waals surface area contributed by atoms with Crippen LogP contribution in [0.3, 0.4) is 0 Å². The normalized spacial score (nSPS) is 11.7. The third-order valence-electron chi connectivity index (χ3n) is 2.88. The van der Waals surface area contributed by atoms with E-state index in [2.05, 4.69) is 5.32 Å². The lowest BCUT2D eigenvalue weighted by atomic mass is 9.84. The van der Waals surface area contributed by atoms with Crippen molar-refractivity contribution in [3.63, 3.8) is 0 Å². The first-order chi connectivity index (χ1) is 8.00. The average Bonchev–Trinajstić information content (AvgIpc) is 2.71. The van der Waals surface area contributed by atoms with Crippen molar-refractivity contribution in [3.05, 3.63) is 36.1 Å². The Hall–Kier alpha value is -1.48. The highest BCUT2D eigenvalue weighted by molar-refractivity contribution is 6.62. The molecule has 90 valence electrons. The number of fused-ring (bicyclic) bond motifs is 1. The van der Waals surface area contributed by atoms with Gasteiger partial charge in [-0.3, -0.25) is 4.79 Å². The smallest absolute Gasteiger partial charge is 0.313 e. The molecule has 0 radical (unpaired) electrons. The number of hydrogen-bond acceptors (Lipinski definition) is 2. The molecule has 0 atom stereocenters. The molecule has 1 heterocycles. The molecule has 0 bridgehead atoms. The van der Waals surface area contributed by atoms with Crippen molar-refractivity contribution >= 4 is 27.9 Å². The number of benzene rings is 1. The average molecular weight is 252 g/mol. The number of hydrogen-bond donors (Lipinski definition) is 1. The summed E-state index contributed by atoms with van der Waals surface area (Å²) in [5.41, 5.74) is 1.70. The van der Waals surface area contributed by atoms with Crippen LogP contribution < -0.4 is 5.32 Å². The predicted octanol–water partition coefficient (Wildman–Crippen LogP) is 3.66. The predicted molar refractivity (Wildman–Crippen MR) is 68.5 cm³/mol. The van der Waals surface area contributed by atoms with Crippen LogP contribution in [-0.4, -0.2) is 11.9 Å². The molecule has 1 aromatic heterocycles. The lowest BCUT2D eigenvalue weighted by Crippen LogP contribution is -2.34. The van der Waals surface area contributed by atoms with Crippen molar-refractivity contribution < 1.29 is 9.21 Å². The van der Waals surface area contributed by atoms with Gasteiger partial charge in [-0.25, -0.2) is 0 Å². The molecule has 0 spiro atoms. The molecule has 1 aromatic carbocycles. The Balaban J connectivity index is 2.35. The number of para-hydroxylation sites is 1. The van der Waals surface area contributed by atoms with Crippen LogP contribution in [0, 0.1) is 0 Å².